The quantitative estimate of drug-likeness (QED) is 0.107. The molecule has 4 rings (SSSR count). The van der Waals surface area contributed by atoms with Gasteiger partial charge in [0, 0.05) is 61.0 Å². The normalized spacial score (nSPS) is 11.6. The van der Waals surface area contributed by atoms with Crippen LogP contribution in [0.15, 0.2) is 56.8 Å². The first kappa shape index (κ1) is 34.2. The molecule has 18 heteroatoms. The molecule has 0 fully saturated rings. The van der Waals surface area contributed by atoms with E-state index in [1.165, 1.54) is 31.9 Å². The summed E-state index contributed by atoms with van der Waals surface area (Å²) in [4.78, 5) is 42.6. The molecule has 230 valence electrons. The van der Waals surface area contributed by atoms with E-state index in [1.54, 1.807) is 0 Å². The van der Waals surface area contributed by atoms with Gasteiger partial charge in [-0.05, 0) is 0 Å². The molecule has 0 aromatic carbocycles. The maximum atomic E-state index is 13.3. The number of thioether (sulfide) groups is 2. The molecule has 0 saturated heterocycles. The third kappa shape index (κ3) is 9.84. The Morgan fingerprint density at radius 1 is 0.814 bits per heavy atom. The van der Waals surface area contributed by atoms with Crippen molar-refractivity contribution in [3.05, 3.63) is 90.2 Å². The van der Waals surface area contributed by atoms with Gasteiger partial charge in [-0.1, -0.05) is 46.7 Å². The Morgan fingerprint density at radius 2 is 1.26 bits per heavy atom. The number of rotatable bonds is 9. The summed E-state index contributed by atoms with van der Waals surface area (Å²) in [6, 6.07) is 1.53. The lowest BCUT2D eigenvalue weighted by atomic mass is 10.3. The second-order valence-electron chi connectivity index (χ2n) is 8.65. The van der Waals surface area contributed by atoms with E-state index >= 15 is 0 Å². The molecule has 4 heterocycles. The Morgan fingerprint density at radius 3 is 1.70 bits per heavy atom. The van der Waals surface area contributed by atoms with Crippen molar-refractivity contribution in [2.24, 2.45) is 0 Å². The molecular formula is C25H22Cl2F4N6O4S2. The zero-order chi connectivity index (χ0) is 31.9. The van der Waals surface area contributed by atoms with Crippen molar-refractivity contribution in [2.75, 3.05) is 7.11 Å². The van der Waals surface area contributed by atoms with Gasteiger partial charge in [-0.15, -0.1) is 0 Å². The van der Waals surface area contributed by atoms with Crippen molar-refractivity contribution in [3.8, 4) is 11.5 Å². The van der Waals surface area contributed by atoms with Crippen LogP contribution in [-0.2, 0) is 23.4 Å². The summed E-state index contributed by atoms with van der Waals surface area (Å²) >= 11 is 14.0. The van der Waals surface area contributed by atoms with Crippen molar-refractivity contribution in [3.63, 3.8) is 0 Å². The van der Waals surface area contributed by atoms with Crippen LogP contribution in [0.3, 0.4) is 0 Å². The fourth-order valence-corrected chi connectivity index (χ4v) is 5.52. The zero-order valence-electron chi connectivity index (χ0n) is 22.4. The minimum absolute atomic E-state index is 0.0197. The van der Waals surface area contributed by atoms with Crippen molar-refractivity contribution in [1.82, 2.24) is 29.9 Å². The van der Waals surface area contributed by atoms with E-state index in [0.29, 0.717) is 35.7 Å². The average molecular weight is 682 g/mol. The van der Waals surface area contributed by atoms with Gasteiger partial charge < -0.3 is 19.8 Å². The molecule has 0 saturated carbocycles. The maximum absolute atomic E-state index is 13.3. The Hall–Kier alpha value is -3.34. The lowest BCUT2D eigenvalue weighted by Gasteiger charge is -2.11. The van der Waals surface area contributed by atoms with E-state index in [1.807, 2.05) is 0 Å². The number of nitrogens with zero attached hydrogens (tertiary/aromatic N) is 4. The van der Waals surface area contributed by atoms with Crippen LogP contribution in [0.2, 0.25) is 10.0 Å². The second-order valence-corrected chi connectivity index (χ2v) is 11.4. The predicted molar refractivity (Wildman–Crippen MR) is 155 cm³/mol. The second kappa shape index (κ2) is 14.4. The highest BCUT2D eigenvalue weighted by Gasteiger charge is 2.28. The Bertz CT molecular complexity index is 1680. The number of ether oxygens (including phenoxy) is 1. The third-order valence-corrected chi connectivity index (χ3v) is 7.66. The van der Waals surface area contributed by atoms with Gasteiger partial charge in [0.1, 0.15) is 22.9 Å². The highest BCUT2D eigenvalue weighted by molar-refractivity contribution is 7.98. The number of methoxy groups -OCH3 is 1. The van der Waals surface area contributed by atoms with Gasteiger partial charge in [0.05, 0.1) is 29.5 Å². The Balaban J connectivity index is 0.000000236. The lowest BCUT2D eigenvalue weighted by Crippen LogP contribution is -2.17. The minimum atomic E-state index is -3.21. The average Bonchev–Trinajstić information content (AvgIpc) is 2.91. The van der Waals surface area contributed by atoms with Gasteiger partial charge in [0.25, 0.3) is 23.0 Å². The first-order valence-electron chi connectivity index (χ1n) is 11.8. The van der Waals surface area contributed by atoms with Crippen molar-refractivity contribution in [1.29, 1.82) is 0 Å². The van der Waals surface area contributed by atoms with Crippen LogP contribution in [-0.4, -0.2) is 42.1 Å². The van der Waals surface area contributed by atoms with E-state index in [-0.39, 0.29) is 32.6 Å². The molecule has 0 unspecified atom stereocenters. The van der Waals surface area contributed by atoms with Gasteiger partial charge in [0.2, 0.25) is 0 Å². The van der Waals surface area contributed by atoms with Crippen LogP contribution in [0.5, 0.6) is 11.5 Å². The molecule has 43 heavy (non-hydrogen) atoms. The molecule has 0 amide bonds. The number of nitrogens with one attached hydrogen (secondary N) is 2. The highest BCUT2D eigenvalue weighted by atomic mass is 35.5. The molecule has 3 N–H and O–H groups in total. The van der Waals surface area contributed by atoms with Crippen LogP contribution in [0.25, 0.3) is 0 Å². The molecule has 0 radical (unpaired) electrons. The van der Waals surface area contributed by atoms with Crippen LogP contribution in [0.4, 0.5) is 17.6 Å². The summed E-state index contributed by atoms with van der Waals surface area (Å²) in [5, 5.41) is 10.4. The van der Waals surface area contributed by atoms with Gasteiger partial charge in [-0.25, -0.2) is 9.97 Å². The molecule has 4 aromatic rings. The number of aromatic nitrogens is 6. The van der Waals surface area contributed by atoms with Crippen LogP contribution >= 0.6 is 46.7 Å². The monoisotopic (exact) mass is 680 g/mol. The maximum Gasteiger partial charge on any atom is 0.287 e. The molecule has 0 bridgehead atoms. The largest absolute Gasteiger partial charge is 0.506 e. The van der Waals surface area contributed by atoms with E-state index in [9.17, 15) is 32.3 Å². The summed E-state index contributed by atoms with van der Waals surface area (Å²) in [5.41, 5.74) is -1.48. The van der Waals surface area contributed by atoms with E-state index < -0.39 is 34.4 Å². The number of aromatic amines is 2. The third-order valence-electron chi connectivity index (χ3n) is 5.21. The molecule has 10 nitrogen and oxygen atoms in total. The summed E-state index contributed by atoms with van der Waals surface area (Å²) in [6.07, 6.45) is 5.51. The number of H-pyrrole nitrogens is 2. The van der Waals surface area contributed by atoms with Crippen LogP contribution < -0.4 is 15.9 Å². The van der Waals surface area contributed by atoms with Crippen LogP contribution in [0.1, 0.15) is 36.4 Å². The fourth-order valence-electron chi connectivity index (χ4n) is 3.09. The lowest BCUT2D eigenvalue weighted by molar-refractivity contribution is 0.0112. The van der Waals surface area contributed by atoms with Gasteiger partial charge >= 0.3 is 0 Å². The SMILES string of the molecule is CC(F)(F)c1cc(=O)[nH]c(SCc2c(O)cncc2Cl)n1.COc1cncc(Cl)c1CSc1nc(C(C)(F)F)cc(=O)[nH]1. The van der Waals surface area contributed by atoms with E-state index in [2.05, 4.69) is 29.9 Å². The first-order valence-corrected chi connectivity index (χ1v) is 14.5. The Labute approximate surface area is 259 Å². The van der Waals surface area contributed by atoms with E-state index in [4.69, 9.17) is 27.9 Å². The smallest absolute Gasteiger partial charge is 0.287 e. The molecule has 0 atom stereocenters. The highest BCUT2D eigenvalue weighted by Crippen LogP contribution is 2.33. The number of hydrogen-bond donors (Lipinski definition) is 3. The first-order chi connectivity index (χ1) is 20.1. The topological polar surface area (TPSA) is 147 Å². The summed E-state index contributed by atoms with van der Waals surface area (Å²) in [6.45, 7) is 1.35. The molecule has 0 aliphatic carbocycles. The molecular weight excluding hydrogens is 659 g/mol. The molecule has 0 aliphatic rings. The van der Waals surface area contributed by atoms with Gasteiger partial charge in [0.15, 0.2) is 10.3 Å². The summed E-state index contributed by atoms with van der Waals surface area (Å²) in [5.74, 6) is -5.61. The van der Waals surface area contributed by atoms with E-state index in [0.717, 1.165) is 35.7 Å². The molecule has 4 aromatic heterocycles. The summed E-state index contributed by atoms with van der Waals surface area (Å²) < 4.78 is 58.1. The standard InChI is InChI=1S/C13H12ClF2N3O2S.C12H10ClF2N3O2S/c1-13(15,16)10-3-11(20)19-12(18-10)22-6-7-8(14)4-17-5-9(7)21-2;1-12(14,15)9-2-10(20)18-11(17-9)21-5-6-7(13)3-16-4-8(6)19/h3-5H,6H2,1-2H3,(H,18,19,20);2-4,19H,5H2,1H3,(H,17,18,20). The summed E-state index contributed by atoms with van der Waals surface area (Å²) in [7, 11) is 1.47. The number of halogens is 6. The number of pyridine rings is 2. The number of hydrogen-bond acceptors (Lipinski definition) is 10. The fraction of sp³-hybridized carbons (Fsp3) is 0.280. The van der Waals surface area contributed by atoms with Crippen molar-refractivity contribution < 1.29 is 27.4 Å². The zero-order valence-corrected chi connectivity index (χ0v) is 25.6. The van der Waals surface area contributed by atoms with Crippen molar-refractivity contribution in [2.45, 2.75) is 47.5 Å². The van der Waals surface area contributed by atoms with Gasteiger partial charge in [-0.3, -0.25) is 19.6 Å². The number of alkyl halides is 4. The number of aromatic hydroxyl groups is 1. The van der Waals surface area contributed by atoms with Crippen LogP contribution in [0, 0.1) is 0 Å². The van der Waals surface area contributed by atoms with Gasteiger partial charge in [-0.2, -0.15) is 17.6 Å². The predicted octanol–water partition coefficient (Wildman–Crippen LogP) is 6.16. The molecule has 0 aliphatic heterocycles. The molecule has 0 spiro atoms. The Kier molecular flexibility index (Phi) is 11.5. The minimum Gasteiger partial charge on any atom is -0.506 e. The van der Waals surface area contributed by atoms with Crippen molar-refractivity contribution >= 4 is 46.7 Å².